The first-order valence-corrected chi connectivity index (χ1v) is 8.70. The summed E-state index contributed by atoms with van der Waals surface area (Å²) in [5.74, 6) is -0.261. The number of fused-ring (bicyclic) bond motifs is 1. The first kappa shape index (κ1) is 16.5. The van der Waals surface area contributed by atoms with Crippen LogP contribution in [-0.4, -0.2) is 39.8 Å². The molecular formula is C20H20N4O2. The van der Waals surface area contributed by atoms with E-state index in [1.54, 1.807) is 11.0 Å². The third kappa shape index (κ3) is 2.88. The third-order valence-corrected chi connectivity index (χ3v) is 4.82. The van der Waals surface area contributed by atoms with Gasteiger partial charge in [-0.3, -0.25) is 14.0 Å². The first-order valence-electron chi connectivity index (χ1n) is 8.70. The zero-order valence-electron chi connectivity index (χ0n) is 14.6. The summed E-state index contributed by atoms with van der Waals surface area (Å²) in [5, 5.41) is 3.43. The van der Waals surface area contributed by atoms with Crippen molar-refractivity contribution < 1.29 is 4.79 Å². The number of nitrogens with zero attached hydrogens (tertiary/aromatic N) is 3. The molecular weight excluding hydrogens is 328 g/mol. The van der Waals surface area contributed by atoms with Crippen LogP contribution in [0.25, 0.3) is 5.65 Å². The maximum Gasteiger partial charge on any atom is 0.270 e. The molecule has 4 rings (SSSR count). The highest BCUT2D eigenvalue weighted by atomic mass is 16.2. The summed E-state index contributed by atoms with van der Waals surface area (Å²) in [7, 11) is 0. The summed E-state index contributed by atoms with van der Waals surface area (Å²) in [6.45, 7) is 3.62. The fraction of sp³-hybridized carbons (Fsp3) is 0.250. The van der Waals surface area contributed by atoms with Crippen molar-refractivity contribution in [1.82, 2.24) is 19.6 Å². The predicted octanol–water partition coefficient (Wildman–Crippen LogP) is 1.79. The normalized spacial score (nSPS) is 17.4. The molecule has 26 heavy (non-hydrogen) atoms. The third-order valence-electron chi connectivity index (χ3n) is 4.82. The van der Waals surface area contributed by atoms with E-state index in [9.17, 15) is 9.59 Å². The zero-order valence-corrected chi connectivity index (χ0v) is 14.6. The zero-order chi connectivity index (χ0) is 18.1. The largest absolute Gasteiger partial charge is 0.335 e. The lowest BCUT2D eigenvalue weighted by atomic mass is 10.0. The molecule has 1 saturated heterocycles. The quantitative estimate of drug-likeness (QED) is 0.767. The SMILES string of the molecule is Cc1cccc2ncc(C(=O)N3CCNC(c4ccccc4)C3)c(=O)n12. The van der Waals surface area contributed by atoms with Gasteiger partial charge in [-0.15, -0.1) is 0 Å². The van der Waals surface area contributed by atoms with Gasteiger partial charge < -0.3 is 10.2 Å². The Morgan fingerprint density at radius 3 is 2.77 bits per heavy atom. The Balaban J connectivity index is 1.65. The number of hydrogen-bond donors (Lipinski definition) is 1. The first-order chi connectivity index (χ1) is 12.6. The molecule has 1 aliphatic heterocycles. The number of pyridine rings is 1. The summed E-state index contributed by atoms with van der Waals surface area (Å²) < 4.78 is 1.49. The van der Waals surface area contributed by atoms with Crippen LogP contribution in [0.4, 0.5) is 0 Å². The molecule has 1 aliphatic rings. The number of amides is 1. The van der Waals surface area contributed by atoms with Crippen molar-refractivity contribution in [2.24, 2.45) is 0 Å². The van der Waals surface area contributed by atoms with E-state index in [-0.39, 0.29) is 23.1 Å². The molecule has 2 aromatic heterocycles. The second kappa shape index (κ2) is 6.72. The molecule has 1 unspecified atom stereocenters. The Morgan fingerprint density at radius 2 is 1.96 bits per heavy atom. The molecule has 1 N–H and O–H groups in total. The fourth-order valence-corrected chi connectivity index (χ4v) is 3.43. The molecule has 0 radical (unpaired) electrons. The Morgan fingerprint density at radius 1 is 1.15 bits per heavy atom. The van der Waals surface area contributed by atoms with E-state index < -0.39 is 0 Å². The van der Waals surface area contributed by atoms with E-state index in [0.29, 0.717) is 25.3 Å². The van der Waals surface area contributed by atoms with Gasteiger partial charge in [0.1, 0.15) is 11.2 Å². The van der Waals surface area contributed by atoms with Gasteiger partial charge in [-0.2, -0.15) is 0 Å². The molecule has 1 amide bonds. The van der Waals surface area contributed by atoms with Crippen molar-refractivity contribution in [3.05, 3.63) is 81.9 Å². The minimum atomic E-state index is -0.312. The van der Waals surface area contributed by atoms with Crippen LogP contribution in [0.3, 0.4) is 0 Å². The molecule has 6 nitrogen and oxygen atoms in total. The van der Waals surface area contributed by atoms with Crippen LogP contribution < -0.4 is 10.9 Å². The molecule has 0 aliphatic carbocycles. The van der Waals surface area contributed by atoms with Crippen molar-refractivity contribution >= 4 is 11.6 Å². The lowest BCUT2D eigenvalue weighted by Crippen LogP contribution is -2.49. The number of piperazine rings is 1. The second-order valence-electron chi connectivity index (χ2n) is 6.51. The van der Waals surface area contributed by atoms with Gasteiger partial charge in [-0.1, -0.05) is 36.4 Å². The Labute approximate surface area is 151 Å². The molecule has 1 atom stereocenters. The van der Waals surface area contributed by atoms with Gasteiger partial charge in [0.15, 0.2) is 0 Å². The summed E-state index contributed by atoms with van der Waals surface area (Å²) >= 11 is 0. The smallest absolute Gasteiger partial charge is 0.270 e. The molecule has 132 valence electrons. The Bertz CT molecular complexity index is 1010. The monoisotopic (exact) mass is 348 g/mol. The number of rotatable bonds is 2. The van der Waals surface area contributed by atoms with Gasteiger partial charge in [0.2, 0.25) is 0 Å². The maximum atomic E-state index is 13.0. The van der Waals surface area contributed by atoms with Crippen molar-refractivity contribution in [2.75, 3.05) is 19.6 Å². The van der Waals surface area contributed by atoms with Gasteiger partial charge in [-0.25, -0.2) is 4.98 Å². The molecule has 0 spiro atoms. The lowest BCUT2D eigenvalue weighted by Gasteiger charge is -2.34. The van der Waals surface area contributed by atoms with E-state index in [0.717, 1.165) is 11.3 Å². The van der Waals surface area contributed by atoms with Crippen molar-refractivity contribution in [1.29, 1.82) is 0 Å². The number of aryl methyl sites for hydroxylation is 1. The lowest BCUT2D eigenvalue weighted by molar-refractivity contribution is 0.0700. The highest BCUT2D eigenvalue weighted by molar-refractivity contribution is 5.94. The minimum Gasteiger partial charge on any atom is -0.335 e. The molecule has 6 heteroatoms. The fourth-order valence-electron chi connectivity index (χ4n) is 3.43. The van der Waals surface area contributed by atoms with Crippen LogP contribution in [0, 0.1) is 6.92 Å². The second-order valence-corrected chi connectivity index (χ2v) is 6.51. The average Bonchev–Trinajstić information content (AvgIpc) is 2.69. The van der Waals surface area contributed by atoms with Gasteiger partial charge in [0, 0.05) is 37.6 Å². The number of nitrogens with one attached hydrogen (secondary N) is 1. The van der Waals surface area contributed by atoms with Gasteiger partial charge in [-0.05, 0) is 24.6 Å². The molecule has 1 fully saturated rings. The number of benzene rings is 1. The van der Waals surface area contributed by atoms with Crippen LogP contribution in [0.1, 0.15) is 27.7 Å². The summed E-state index contributed by atoms with van der Waals surface area (Å²) in [4.78, 5) is 31.9. The molecule has 3 aromatic rings. The van der Waals surface area contributed by atoms with Crippen LogP contribution >= 0.6 is 0 Å². The van der Waals surface area contributed by atoms with E-state index in [1.807, 2.05) is 49.4 Å². The predicted molar refractivity (Wildman–Crippen MR) is 99.3 cm³/mol. The molecule has 1 aromatic carbocycles. The van der Waals surface area contributed by atoms with Crippen molar-refractivity contribution in [3.8, 4) is 0 Å². The summed E-state index contributed by atoms with van der Waals surface area (Å²) in [5.41, 5.74) is 2.25. The summed E-state index contributed by atoms with van der Waals surface area (Å²) in [6, 6.07) is 15.5. The average molecular weight is 348 g/mol. The molecule has 0 saturated carbocycles. The minimum absolute atomic E-state index is 0.0619. The van der Waals surface area contributed by atoms with Gasteiger partial charge in [0.05, 0.1) is 0 Å². The van der Waals surface area contributed by atoms with Gasteiger partial charge >= 0.3 is 0 Å². The van der Waals surface area contributed by atoms with E-state index in [1.165, 1.54) is 10.6 Å². The number of carbonyl (C=O) groups excluding carboxylic acids is 1. The highest BCUT2D eigenvalue weighted by Gasteiger charge is 2.27. The molecule has 3 heterocycles. The standard InChI is InChI=1S/C20H20N4O2/c1-14-6-5-9-18-22-12-16(20(26)24(14)18)19(25)23-11-10-21-17(13-23)15-7-3-2-4-8-15/h2-9,12,17,21H,10-11,13H2,1H3. The summed E-state index contributed by atoms with van der Waals surface area (Å²) in [6.07, 6.45) is 1.40. The van der Waals surface area contributed by atoms with E-state index in [4.69, 9.17) is 0 Å². The van der Waals surface area contributed by atoms with Crippen molar-refractivity contribution in [3.63, 3.8) is 0 Å². The van der Waals surface area contributed by atoms with E-state index in [2.05, 4.69) is 10.3 Å². The molecule has 0 bridgehead atoms. The van der Waals surface area contributed by atoms with Crippen LogP contribution in [0.2, 0.25) is 0 Å². The number of hydrogen-bond acceptors (Lipinski definition) is 4. The Hall–Kier alpha value is -2.99. The van der Waals surface area contributed by atoms with Crippen LogP contribution in [0.15, 0.2) is 59.5 Å². The van der Waals surface area contributed by atoms with E-state index >= 15 is 0 Å². The highest BCUT2D eigenvalue weighted by Crippen LogP contribution is 2.18. The maximum absolute atomic E-state index is 13.0. The van der Waals surface area contributed by atoms with Crippen molar-refractivity contribution in [2.45, 2.75) is 13.0 Å². The van der Waals surface area contributed by atoms with Crippen LogP contribution in [0.5, 0.6) is 0 Å². The topological polar surface area (TPSA) is 66.7 Å². The Kier molecular flexibility index (Phi) is 4.26. The van der Waals surface area contributed by atoms with Crippen LogP contribution in [-0.2, 0) is 0 Å². The van der Waals surface area contributed by atoms with Gasteiger partial charge in [0.25, 0.3) is 11.5 Å². The number of carbonyl (C=O) groups is 1. The number of aromatic nitrogens is 2.